The molecule has 0 saturated carbocycles. The first-order chi connectivity index (χ1) is 13.5. The van der Waals surface area contributed by atoms with Gasteiger partial charge in [0.2, 0.25) is 0 Å². The molecule has 0 saturated heterocycles. The highest BCUT2D eigenvalue weighted by Crippen LogP contribution is 2.36. The number of hydrogen-bond acceptors (Lipinski definition) is 3. The van der Waals surface area contributed by atoms with Crippen LogP contribution >= 0.6 is 23.2 Å². The number of nitrogens with zero attached hydrogens (tertiary/aromatic N) is 1. The lowest BCUT2D eigenvalue weighted by molar-refractivity contribution is 0.413. The van der Waals surface area contributed by atoms with Crippen LogP contribution in [0.15, 0.2) is 71.7 Å². The van der Waals surface area contributed by atoms with Crippen molar-refractivity contribution in [1.82, 2.24) is 5.32 Å². The number of aromatic hydroxyl groups is 1. The van der Waals surface area contributed by atoms with E-state index in [0.29, 0.717) is 16.5 Å². The van der Waals surface area contributed by atoms with Crippen molar-refractivity contribution in [2.45, 2.75) is 25.6 Å². The molecule has 28 heavy (non-hydrogen) atoms. The summed E-state index contributed by atoms with van der Waals surface area (Å²) in [5, 5.41) is 15.1. The van der Waals surface area contributed by atoms with Crippen LogP contribution in [0.2, 0.25) is 10.0 Å². The van der Waals surface area contributed by atoms with Crippen LogP contribution in [0.25, 0.3) is 0 Å². The quantitative estimate of drug-likeness (QED) is 0.537. The van der Waals surface area contributed by atoms with Crippen molar-refractivity contribution in [3.63, 3.8) is 0 Å². The Morgan fingerprint density at radius 2 is 1.71 bits per heavy atom. The molecule has 0 bridgehead atoms. The molecule has 2 N–H and O–H groups in total. The van der Waals surface area contributed by atoms with Gasteiger partial charge in [0.25, 0.3) is 0 Å². The third-order valence-electron chi connectivity index (χ3n) is 5.00. The maximum absolute atomic E-state index is 10.4. The van der Waals surface area contributed by atoms with E-state index in [1.807, 2.05) is 30.3 Å². The molecule has 2 atom stereocenters. The van der Waals surface area contributed by atoms with E-state index in [1.54, 1.807) is 12.1 Å². The lowest BCUT2D eigenvalue weighted by Crippen LogP contribution is -2.33. The third kappa shape index (κ3) is 3.93. The number of nitrogens with one attached hydrogen (secondary N) is 1. The molecule has 1 aliphatic rings. The Hall–Kier alpha value is -2.33. The normalized spacial score (nSPS) is 19.3. The van der Waals surface area contributed by atoms with Crippen LogP contribution in [0.4, 0.5) is 0 Å². The molecule has 0 aliphatic carbocycles. The first kappa shape index (κ1) is 19.0. The van der Waals surface area contributed by atoms with Gasteiger partial charge in [-0.05, 0) is 30.7 Å². The van der Waals surface area contributed by atoms with Gasteiger partial charge in [-0.25, -0.2) is 0 Å². The highest BCUT2D eigenvalue weighted by atomic mass is 35.5. The van der Waals surface area contributed by atoms with Gasteiger partial charge in [0.15, 0.2) is 0 Å². The topological polar surface area (TPSA) is 44.6 Å². The van der Waals surface area contributed by atoms with Gasteiger partial charge in [-0.15, -0.1) is 0 Å². The van der Waals surface area contributed by atoms with E-state index >= 15 is 0 Å². The summed E-state index contributed by atoms with van der Waals surface area (Å²) in [7, 11) is 0. The van der Waals surface area contributed by atoms with E-state index in [0.717, 1.165) is 22.4 Å². The Morgan fingerprint density at radius 3 is 2.43 bits per heavy atom. The summed E-state index contributed by atoms with van der Waals surface area (Å²) in [6.07, 6.45) is 0.335. The predicted molar refractivity (Wildman–Crippen MR) is 116 cm³/mol. The molecule has 142 valence electrons. The van der Waals surface area contributed by atoms with E-state index in [2.05, 4.69) is 36.5 Å². The molecule has 5 heteroatoms. The third-order valence-corrected chi connectivity index (χ3v) is 5.56. The maximum Gasteiger partial charge on any atom is 0.127 e. The number of phenols is 1. The summed E-state index contributed by atoms with van der Waals surface area (Å²) in [5.74, 6) is 0.270. The fourth-order valence-corrected chi connectivity index (χ4v) is 4.00. The van der Waals surface area contributed by atoms with Crippen LogP contribution in [0.5, 0.6) is 5.75 Å². The molecule has 1 aliphatic heterocycles. The van der Waals surface area contributed by atoms with Crippen molar-refractivity contribution in [2.24, 2.45) is 4.99 Å². The van der Waals surface area contributed by atoms with E-state index in [4.69, 9.17) is 28.2 Å². The Morgan fingerprint density at radius 1 is 0.964 bits per heavy atom. The van der Waals surface area contributed by atoms with Gasteiger partial charge in [0.05, 0.1) is 0 Å². The van der Waals surface area contributed by atoms with Gasteiger partial charge >= 0.3 is 0 Å². The first-order valence-corrected chi connectivity index (χ1v) is 9.89. The molecule has 4 rings (SSSR count). The lowest BCUT2D eigenvalue weighted by atomic mass is 9.93. The summed E-state index contributed by atoms with van der Waals surface area (Å²) >= 11 is 12.5. The maximum atomic E-state index is 10.4. The minimum Gasteiger partial charge on any atom is -0.508 e. The number of halogens is 2. The average molecular weight is 411 g/mol. The summed E-state index contributed by atoms with van der Waals surface area (Å²) in [5.41, 5.74) is 4.95. The van der Waals surface area contributed by atoms with E-state index in [9.17, 15) is 5.11 Å². The Balaban J connectivity index is 1.78. The summed E-state index contributed by atoms with van der Waals surface area (Å²) in [6, 6.07) is 21.1. The van der Waals surface area contributed by atoms with Crippen molar-refractivity contribution in [2.75, 3.05) is 0 Å². The molecule has 0 aromatic heterocycles. The number of para-hydroxylation sites is 1. The molecule has 0 fully saturated rings. The molecule has 3 aromatic rings. The minimum absolute atomic E-state index is 0.0910. The summed E-state index contributed by atoms with van der Waals surface area (Å²) in [6.45, 7) is 2.06. The van der Waals surface area contributed by atoms with Crippen LogP contribution in [0, 0.1) is 6.92 Å². The summed E-state index contributed by atoms with van der Waals surface area (Å²) < 4.78 is 0. The van der Waals surface area contributed by atoms with Crippen molar-refractivity contribution < 1.29 is 5.11 Å². The molecule has 1 heterocycles. The second kappa shape index (κ2) is 7.96. The molecular weight excluding hydrogens is 391 g/mol. The second-order valence-electron chi connectivity index (χ2n) is 6.99. The van der Waals surface area contributed by atoms with E-state index in [-0.39, 0.29) is 18.0 Å². The van der Waals surface area contributed by atoms with Crippen molar-refractivity contribution in [3.8, 4) is 5.75 Å². The molecule has 3 aromatic carbocycles. The molecular formula is C23H20Cl2N2O. The van der Waals surface area contributed by atoms with Gasteiger partial charge in [-0.1, -0.05) is 77.3 Å². The summed E-state index contributed by atoms with van der Waals surface area (Å²) in [4.78, 5) is 4.94. The van der Waals surface area contributed by atoms with Crippen LogP contribution in [0.1, 0.15) is 40.9 Å². The molecule has 0 radical (unpaired) electrons. The Labute approximate surface area is 174 Å². The molecule has 3 nitrogen and oxygen atoms in total. The van der Waals surface area contributed by atoms with Gasteiger partial charge in [-0.3, -0.25) is 10.3 Å². The molecule has 0 spiro atoms. The average Bonchev–Trinajstić information content (AvgIpc) is 2.68. The largest absolute Gasteiger partial charge is 0.508 e. The van der Waals surface area contributed by atoms with Crippen LogP contribution < -0.4 is 5.32 Å². The fraction of sp³-hybridized carbons (Fsp3) is 0.174. The lowest BCUT2D eigenvalue weighted by Gasteiger charge is -2.31. The fourth-order valence-electron chi connectivity index (χ4n) is 3.49. The Kier molecular flexibility index (Phi) is 5.40. The highest BCUT2D eigenvalue weighted by molar-refractivity contribution is 6.35. The zero-order valence-electron chi connectivity index (χ0n) is 15.4. The van der Waals surface area contributed by atoms with Crippen LogP contribution in [-0.4, -0.2) is 10.8 Å². The van der Waals surface area contributed by atoms with Crippen molar-refractivity contribution in [3.05, 3.63) is 99.0 Å². The number of aryl methyl sites for hydroxylation is 1. The standard InChI is InChI=1S/C23H20Cl2N2O/c1-14-6-8-15(9-7-14)20-13-21(18-4-2-3-5-22(18)28)27-23(26-20)17-11-10-16(24)12-19(17)25/h2-12,21,23,27-28H,13H2,1H3/t21-,23-/m1/s1. The van der Waals surface area contributed by atoms with Gasteiger partial charge in [0.1, 0.15) is 11.9 Å². The van der Waals surface area contributed by atoms with Crippen molar-refractivity contribution >= 4 is 28.9 Å². The van der Waals surface area contributed by atoms with E-state index in [1.165, 1.54) is 5.56 Å². The van der Waals surface area contributed by atoms with Gasteiger partial charge < -0.3 is 5.11 Å². The van der Waals surface area contributed by atoms with Crippen LogP contribution in [0.3, 0.4) is 0 Å². The second-order valence-corrected chi connectivity index (χ2v) is 7.84. The zero-order valence-corrected chi connectivity index (χ0v) is 16.9. The monoisotopic (exact) mass is 410 g/mol. The smallest absolute Gasteiger partial charge is 0.127 e. The minimum atomic E-state index is -0.334. The Bertz CT molecular complexity index is 1030. The first-order valence-electron chi connectivity index (χ1n) is 9.14. The number of rotatable bonds is 3. The number of hydrogen-bond donors (Lipinski definition) is 2. The number of benzene rings is 3. The molecule has 0 amide bonds. The number of aliphatic imine (C=N–C) groups is 1. The SMILES string of the molecule is Cc1ccc(C2=N[C@@H](c3ccc(Cl)cc3Cl)N[C@@H](c3ccccc3O)C2)cc1. The number of phenolic OH excluding ortho intramolecular Hbond substituents is 1. The van der Waals surface area contributed by atoms with E-state index < -0.39 is 0 Å². The zero-order chi connectivity index (χ0) is 19.7. The highest BCUT2D eigenvalue weighted by Gasteiger charge is 2.28. The van der Waals surface area contributed by atoms with Gasteiger partial charge in [0, 0.05) is 39.3 Å². The van der Waals surface area contributed by atoms with Crippen molar-refractivity contribution in [1.29, 1.82) is 0 Å². The predicted octanol–water partition coefficient (Wildman–Crippen LogP) is 6.23. The van der Waals surface area contributed by atoms with Gasteiger partial charge in [-0.2, -0.15) is 0 Å². The van der Waals surface area contributed by atoms with Crippen LogP contribution in [-0.2, 0) is 0 Å². The molecule has 0 unspecified atom stereocenters.